The topological polar surface area (TPSA) is 3.24 Å². The molecule has 12 heavy (non-hydrogen) atoms. The highest BCUT2D eigenvalue weighted by Crippen LogP contribution is 2.28. The molecule has 1 atom stereocenters. The Morgan fingerprint density at radius 1 is 1.17 bits per heavy atom. The van der Waals surface area contributed by atoms with E-state index < -0.39 is 0 Å². The van der Waals surface area contributed by atoms with Crippen LogP contribution in [0.25, 0.3) is 0 Å². The molecule has 1 saturated carbocycles. The molecule has 0 N–H and O–H groups in total. The van der Waals surface area contributed by atoms with Crippen LogP contribution in [0, 0.1) is 5.92 Å². The van der Waals surface area contributed by atoms with Crippen molar-refractivity contribution in [3.05, 3.63) is 0 Å². The second kappa shape index (κ2) is 4.10. The van der Waals surface area contributed by atoms with Crippen LogP contribution in [0.4, 0.5) is 0 Å². The van der Waals surface area contributed by atoms with Gasteiger partial charge in [-0.15, -0.1) is 0 Å². The van der Waals surface area contributed by atoms with E-state index in [4.69, 9.17) is 0 Å². The van der Waals surface area contributed by atoms with Crippen molar-refractivity contribution in [2.75, 3.05) is 18.4 Å². The summed E-state index contributed by atoms with van der Waals surface area (Å²) in [6.45, 7) is 2.72. The van der Waals surface area contributed by atoms with Gasteiger partial charge in [-0.3, -0.25) is 0 Å². The standard InChI is InChI=1S/C10H18BrN/c11-7-9-5-6-12(8-9)10-3-1-2-4-10/h9-10H,1-8H2. The van der Waals surface area contributed by atoms with Gasteiger partial charge in [-0.2, -0.15) is 0 Å². The molecule has 1 aliphatic heterocycles. The molecule has 1 nitrogen and oxygen atoms in total. The fraction of sp³-hybridized carbons (Fsp3) is 1.00. The second-order valence-corrected chi connectivity index (χ2v) is 4.89. The number of hydrogen-bond acceptors (Lipinski definition) is 1. The van der Waals surface area contributed by atoms with Crippen LogP contribution in [0.3, 0.4) is 0 Å². The molecule has 0 aromatic carbocycles. The third-order valence-corrected chi connectivity index (χ3v) is 4.29. The summed E-state index contributed by atoms with van der Waals surface area (Å²) < 4.78 is 0. The summed E-state index contributed by atoms with van der Waals surface area (Å²) in [5.41, 5.74) is 0. The van der Waals surface area contributed by atoms with Gasteiger partial charge >= 0.3 is 0 Å². The molecule has 2 aliphatic rings. The predicted molar refractivity (Wildman–Crippen MR) is 55.7 cm³/mol. The number of rotatable bonds is 2. The Morgan fingerprint density at radius 3 is 2.50 bits per heavy atom. The lowest BCUT2D eigenvalue weighted by Crippen LogP contribution is -2.31. The van der Waals surface area contributed by atoms with Crippen LogP contribution < -0.4 is 0 Å². The molecule has 1 heterocycles. The molecule has 0 aromatic heterocycles. The summed E-state index contributed by atoms with van der Waals surface area (Å²) in [5, 5.41) is 1.20. The summed E-state index contributed by atoms with van der Waals surface area (Å²) in [4.78, 5) is 2.72. The van der Waals surface area contributed by atoms with E-state index in [1.165, 1.54) is 50.5 Å². The lowest BCUT2D eigenvalue weighted by Gasteiger charge is -2.23. The van der Waals surface area contributed by atoms with Crippen LogP contribution in [-0.2, 0) is 0 Å². The number of likely N-dealkylation sites (tertiary alicyclic amines) is 1. The Balaban J connectivity index is 1.81. The lowest BCUT2D eigenvalue weighted by molar-refractivity contribution is 0.240. The molecule has 1 unspecified atom stereocenters. The first-order chi connectivity index (χ1) is 5.90. The zero-order chi connectivity index (χ0) is 8.39. The van der Waals surface area contributed by atoms with Gasteiger partial charge in [-0.1, -0.05) is 28.8 Å². The average Bonchev–Trinajstić information content (AvgIpc) is 2.75. The molecular weight excluding hydrogens is 214 g/mol. The monoisotopic (exact) mass is 231 g/mol. The van der Waals surface area contributed by atoms with Crippen molar-refractivity contribution < 1.29 is 0 Å². The smallest absolute Gasteiger partial charge is 0.00953 e. The van der Waals surface area contributed by atoms with Crippen molar-refractivity contribution in [3.63, 3.8) is 0 Å². The maximum Gasteiger partial charge on any atom is 0.00953 e. The minimum Gasteiger partial charge on any atom is -0.300 e. The van der Waals surface area contributed by atoms with Crippen molar-refractivity contribution >= 4 is 15.9 Å². The van der Waals surface area contributed by atoms with Crippen LogP contribution >= 0.6 is 15.9 Å². The van der Waals surface area contributed by atoms with E-state index in [1.54, 1.807) is 0 Å². The number of alkyl halides is 1. The van der Waals surface area contributed by atoms with Gasteiger partial charge in [0.2, 0.25) is 0 Å². The average molecular weight is 232 g/mol. The number of halogens is 1. The van der Waals surface area contributed by atoms with E-state index in [-0.39, 0.29) is 0 Å². The number of hydrogen-bond donors (Lipinski definition) is 0. The molecule has 2 fully saturated rings. The fourth-order valence-electron chi connectivity index (χ4n) is 2.59. The van der Waals surface area contributed by atoms with E-state index in [2.05, 4.69) is 20.8 Å². The third kappa shape index (κ3) is 1.85. The summed E-state index contributed by atoms with van der Waals surface area (Å²) >= 11 is 3.59. The first kappa shape index (κ1) is 9.01. The van der Waals surface area contributed by atoms with Crippen LogP contribution in [0.2, 0.25) is 0 Å². The molecule has 0 amide bonds. The molecule has 0 bridgehead atoms. The minimum absolute atomic E-state index is 0.936. The van der Waals surface area contributed by atoms with Gasteiger partial charge in [0, 0.05) is 17.9 Å². The summed E-state index contributed by atoms with van der Waals surface area (Å²) in [6, 6.07) is 0.953. The van der Waals surface area contributed by atoms with Crippen LogP contribution in [0.5, 0.6) is 0 Å². The van der Waals surface area contributed by atoms with E-state index in [0.29, 0.717) is 0 Å². The normalized spacial score (nSPS) is 33.2. The first-order valence-electron chi connectivity index (χ1n) is 5.20. The second-order valence-electron chi connectivity index (χ2n) is 4.24. The molecule has 70 valence electrons. The highest BCUT2D eigenvalue weighted by molar-refractivity contribution is 9.09. The summed E-state index contributed by atoms with van der Waals surface area (Å²) in [6.07, 6.45) is 7.30. The molecule has 1 saturated heterocycles. The van der Waals surface area contributed by atoms with Gasteiger partial charge in [-0.25, -0.2) is 0 Å². The Labute approximate surface area is 83.6 Å². The lowest BCUT2D eigenvalue weighted by atomic mass is 10.2. The Hall–Kier alpha value is 0.440. The number of nitrogens with zero attached hydrogens (tertiary/aromatic N) is 1. The first-order valence-corrected chi connectivity index (χ1v) is 6.32. The van der Waals surface area contributed by atoms with E-state index >= 15 is 0 Å². The predicted octanol–water partition coefficient (Wildman–Crippen LogP) is 2.65. The fourth-order valence-corrected chi connectivity index (χ4v) is 3.12. The van der Waals surface area contributed by atoms with Crippen molar-refractivity contribution in [2.45, 2.75) is 38.1 Å². The van der Waals surface area contributed by atoms with Crippen molar-refractivity contribution in [1.82, 2.24) is 4.90 Å². The summed E-state index contributed by atoms with van der Waals surface area (Å²) in [7, 11) is 0. The van der Waals surface area contributed by atoms with Crippen molar-refractivity contribution in [2.24, 2.45) is 5.92 Å². The Bertz CT molecular complexity index is 143. The zero-order valence-electron chi connectivity index (χ0n) is 7.64. The quantitative estimate of drug-likeness (QED) is 0.661. The van der Waals surface area contributed by atoms with Gasteiger partial charge < -0.3 is 4.90 Å². The third-order valence-electron chi connectivity index (χ3n) is 3.38. The molecule has 2 heteroatoms. The molecule has 2 rings (SSSR count). The van der Waals surface area contributed by atoms with Gasteiger partial charge in [-0.05, 0) is 31.7 Å². The Kier molecular flexibility index (Phi) is 3.08. The van der Waals surface area contributed by atoms with Gasteiger partial charge in [0.15, 0.2) is 0 Å². The molecule has 0 aromatic rings. The zero-order valence-corrected chi connectivity index (χ0v) is 9.22. The maximum absolute atomic E-state index is 3.59. The van der Waals surface area contributed by atoms with Gasteiger partial charge in [0.05, 0.1) is 0 Å². The molecule has 0 spiro atoms. The van der Waals surface area contributed by atoms with Crippen molar-refractivity contribution in [3.8, 4) is 0 Å². The highest BCUT2D eigenvalue weighted by atomic mass is 79.9. The van der Waals surface area contributed by atoms with Crippen LogP contribution in [0.1, 0.15) is 32.1 Å². The maximum atomic E-state index is 3.59. The van der Waals surface area contributed by atoms with Gasteiger partial charge in [0.1, 0.15) is 0 Å². The highest BCUT2D eigenvalue weighted by Gasteiger charge is 2.28. The van der Waals surface area contributed by atoms with E-state index in [1.807, 2.05) is 0 Å². The summed E-state index contributed by atoms with van der Waals surface area (Å²) in [5.74, 6) is 0.936. The molecule has 1 aliphatic carbocycles. The Morgan fingerprint density at radius 2 is 1.92 bits per heavy atom. The van der Waals surface area contributed by atoms with Crippen LogP contribution in [-0.4, -0.2) is 29.4 Å². The minimum atomic E-state index is 0.936. The van der Waals surface area contributed by atoms with Gasteiger partial charge in [0.25, 0.3) is 0 Å². The largest absolute Gasteiger partial charge is 0.300 e. The van der Waals surface area contributed by atoms with Crippen LogP contribution in [0.15, 0.2) is 0 Å². The van der Waals surface area contributed by atoms with E-state index in [9.17, 15) is 0 Å². The van der Waals surface area contributed by atoms with Crippen molar-refractivity contribution in [1.29, 1.82) is 0 Å². The molecular formula is C10H18BrN. The molecule has 0 radical (unpaired) electrons. The van der Waals surface area contributed by atoms with E-state index in [0.717, 1.165) is 12.0 Å². The SMILES string of the molecule is BrCC1CCN(C2CCCC2)C1.